The van der Waals surface area contributed by atoms with Crippen molar-refractivity contribution < 1.29 is 0 Å². The van der Waals surface area contributed by atoms with E-state index >= 15 is 0 Å². The van der Waals surface area contributed by atoms with Gasteiger partial charge in [0.05, 0.1) is 0 Å². The molecule has 0 rings (SSSR count). The van der Waals surface area contributed by atoms with E-state index in [0.29, 0.717) is 0 Å². The Kier molecular flexibility index (Phi) is 9.10. The summed E-state index contributed by atoms with van der Waals surface area (Å²) >= 11 is 1.91. The summed E-state index contributed by atoms with van der Waals surface area (Å²) in [5, 5.41) is 3.32. The largest absolute Gasteiger partial charge is 0.313 e. The molecule has 0 heterocycles. The first-order valence-corrected chi connectivity index (χ1v) is 5.12. The summed E-state index contributed by atoms with van der Waals surface area (Å²) in [6.45, 7) is 4.21. The van der Waals surface area contributed by atoms with E-state index in [9.17, 15) is 0 Å². The normalized spacial score (nSPS) is 11.0. The fourth-order valence-corrected chi connectivity index (χ4v) is 1.08. The van der Waals surface area contributed by atoms with Crippen molar-refractivity contribution in [3.8, 4) is 0 Å². The van der Waals surface area contributed by atoms with Gasteiger partial charge in [0.2, 0.25) is 0 Å². The Hall–Kier alpha value is 0.0500. The summed E-state index contributed by atoms with van der Waals surface area (Å²) < 4.78 is 0. The van der Waals surface area contributed by atoms with E-state index in [0.717, 1.165) is 13.1 Å². The van der Waals surface area contributed by atoms with Crippen LogP contribution in [0.2, 0.25) is 0 Å². The van der Waals surface area contributed by atoms with Gasteiger partial charge in [0.25, 0.3) is 0 Å². The summed E-state index contributed by atoms with van der Waals surface area (Å²) in [5.74, 6) is 1.27. The van der Waals surface area contributed by atoms with Gasteiger partial charge in [-0.25, -0.2) is 0 Å². The monoisotopic (exact) mass is 159 g/mol. The molecule has 0 amide bonds. The zero-order valence-electron chi connectivity index (χ0n) is 6.89. The maximum absolute atomic E-state index is 3.32. The third-order valence-corrected chi connectivity index (χ3v) is 1.90. The molecular formula is C8H17NS. The van der Waals surface area contributed by atoms with Crippen LogP contribution in [0, 0.1) is 0 Å². The van der Waals surface area contributed by atoms with Gasteiger partial charge in [-0.05, 0) is 31.9 Å². The summed E-state index contributed by atoms with van der Waals surface area (Å²) in [4.78, 5) is 0. The first-order chi connectivity index (χ1) is 4.91. The Morgan fingerprint density at radius 1 is 1.50 bits per heavy atom. The Labute approximate surface area is 68.3 Å². The molecule has 0 unspecified atom stereocenters. The Morgan fingerprint density at radius 2 is 2.30 bits per heavy atom. The quantitative estimate of drug-likeness (QED) is 0.469. The smallest absolute Gasteiger partial charge is 0.0134 e. The highest BCUT2D eigenvalue weighted by molar-refractivity contribution is 7.98. The van der Waals surface area contributed by atoms with Crippen LogP contribution >= 0.6 is 11.8 Å². The molecule has 0 aromatic heterocycles. The van der Waals surface area contributed by atoms with E-state index in [4.69, 9.17) is 0 Å². The summed E-state index contributed by atoms with van der Waals surface area (Å²) in [7, 11) is 0. The van der Waals surface area contributed by atoms with Crippen LogP contribution in [0.25, 0.3) is 0 Å². The van der Waals surface area contributed by atoms with Crippen LogP contribution in [-0.4, -0.2) is 25.1 Å². The van der Waals surface area contributed by atoms with Gasteiger partial charge in [-0.3, -0.25) is 0 Å². The van der Waals surface area contributed by atoms with Crippen molar-refractivity contribution in [2.45, 2.75) is 13.3 Å². The van der Waals surface area contributed by atoms with Crippen molar-refractivity contribution >= 4 is 11.8 Å². The molecule has 0 saturated carbocycles. The molecule has 0 fully saturated rings. The van der Waals surface area contributed by atoms with E-state index in [1.54, 1.807) is 0 Å². The standard InChI is InChI=1S/C8H17NS/c1-3-4-6-9-7-5-8-10-2/h3-4,9H,5-8H2,1-2H3/b4-3+. The van der Waals surface area contributed by atoms with E-state index in [2.05, 4.69) is 23.7 Å². The van der Waals surface area contributed by atoms with E-state index in [-0.39, 0.29) is 0 Å². The number of rotatable bonds is 6. The highest BCUT2D eigenvalue weighted by Crippen LogP contribution is 1.92. The van der Waals surface area contributed by atoms with Gasteiger partial charge < -0.3 is 5.32 Å². The third kappa shape index (κ3) is 8.05. The van der Waals surface area contributed by atoms with Gasteiger partial charge >= 0.3 is 0 Å². The number of hydrogen-bond donors (Lipinski definition) is 1. The predicted molar refractivity (Wildman–Crippen MR) is 50.7 cm³/mol. The molecule has 0 aliphatic rings. The van der Waals surface area contributed by atoms with E-state index in [1.807, 2.05) is 18.7 Å². The molecule has 1 N–H and O–H groups in total. The van der Waals surface area contributed by atoms with Crippen LogP contribution in [0.5, 0.6) is 0 Å². The minimum atomic E-state index is 1.02. The van der Waals surface area contributed by atoms with Crippen LogP contribution in [-0.2, 0) is 0 Å². The number of nitrogens with one attached hydrogen (secondary N) is 1. The predicted octanol–water partition coefficient (Wildman–Crippen LogP) is 1.91. The van der Waals surface area contributed by atoms with Crippen molar-refractivity contribution in [2.75, 3.05) is 25.1 Å². The van der Waals surface area contributed by atoms with Crippen molar-refractivity contribution in [1.82, 2.24) is 5.32 Å². The molecule has 60 valence electrons. The highest BCUT2D eigenvalue weighted by atomic mass is 32.2. The molecule has 1 nitrogen and oxygen atoms in total. The lowest BCUT2D eigenvalue weighted by molar-refractivity contribution is 0.733. The molecule has 0 bridgehead atoms. The van der Waals surface area contributed by atoms with Gasteiger partial charge in [-0.2, -0.15) is 11.8 Å². The van der Waals surface area contributed by atoms with Crippen LogP contribution in [0.15, 0.2) is 12.2 Å². The summed E-state index contributed by atoms with van der Waals surface area (Å²) in [5.41, 5.74) is 0. The molecule has 0 aliphatic carbocycles. The lowest BCUT2D eigenvalue weighted by atomic mass is 10.4. The third-order valence-electron chi connectivity index (χ3n) is 1.20. The second-order valence-corrected chi connectivity index (χ2v) is 3.11. The van der Waals surface area contributed by atoms with Gasteiger partial charge in [-0.1, -0.05) is 12.2 Å². The van der Waals surface area contributed by atoms with Gasteiger partial charge in [-0.15, -0.1) is 0 Å². The zero-order valence-corrected chi connectivity index (χ0v) is 7.71. The molecule has 10 heavy (non-hydrogen) atoms. The minimum absolute atomic E-state index is 1.02. The molecule has 0 saturated heterocycles. The molecule has 0 aliphatic heterocycles. The number of thioether (sulfide) groups is 1. The molecular weight excluding hydrogens is 142 g/mol. The fourth-order valence-electron chi connectivity index (χ4n) is 0.645. The second-order valence-electron chi connectivity index (χ2n) is 2.12. The first kappa shape index (κ1) is 10.0. The summed E-state index contributed by atoms with van der Waals surface area (Å²) in [6, 6.07) is 0. The first-order valence-electron chi connectivity index (χ1n) is 3.72. The molecule has 0 aromatic carbocycles. The SMILES string of the molecule is C/C=C/CNCCCSC. The van der Waals surface area contributed by atoms with Crippen molar-refractivity contribution in [1.29, 1.82) is 0 Å². The Bertz CT molecular complexity index is 81.3. The highest BCUT2D eigenvalue weighted by Gasteiger charge is 1.82. The number of hydrogen-bond acceptors (Lipinski definition) is 2. The lowest BCUT2D eigenvalue weighted by Crippen LogP contribution is -2.15. The van der Waals surface area contributed by atoms with E-state index in [1.165, 1.54) is 12.2 Å². The Balaban J connectivity index is 2.77. The average molecular weight is 159 g/mol. The topological polar surface area (TPSA) is 12.0 Å². The van der Waals surface area contributed by atoms with Gasteiger partial charge in [0.1, 0.15) is 0 Å². The molecule has 0 spiro atoms. The minimum Gasteiger partial charge on any atom is -0.313 e. The molecule has 2 heteroatoms. The van der Waals surface area contributed by atoms with Crippen LogP contribution in [0.4, 0.5) is 0 Å². The molecule has 0 atom stereocenters. The zero-order chi connectivity index (χ0) is 7.66. The lowest BCUT2D eigenvalue weighted by Gasteiger charge is -1.98. The molecule has 0 radical (unpaired) electrons. The van der Waals surface area contributed by atoms with Gasteiger partial charge in [0, 0.05) is 6.54 Å². The molecule has 0 aromatic rings. The average Bonchev–Trinajstić information content (AvgIpc) is 1.97. The summed E-state index contributed by atoms with van der Waals surface area (Å²) in [6.07, 6.45) is 7.63. The Morgan fingerprint density at radius 3 is 2.90 bits per heavy atom. The van der Waals surface area contributed by atoms with Crippen molar-refractivity contribution in [3.05, 3.63) is 12.2 Å². The van der Waals surface area contributed by atoms with E-state index < -0.39 is 0 Å². The van der Waals surface area contributed by atoms with Crippen LogP contribution in [0.1, 0.15) is 13.3 Å². The van der Waals surface area contributed by atoms with Crippen LogP contribution < -0.4 is 5.32 Å². The fraction of sp³-hybridized carbons (Fsp3) is 0.750. The van der Waals surface area contributed by atoms with Crippen molar-refractivity contribution in [2.24, 2.45) is 0 Å². The second kappa shape index (κ2) is 9.05. The number of allylic oxidation sites excluding steroid dienone is 1. The maximum atomic E-state index is 3.32. The maximum Gasteiger partial charge on any atom is 0.0134 e. The van der Waals surface area contributed by atoms with Crippen molar-refractivity contribution in [3.63, 3.8) is 0 Å². The van der Waals surface area contributed by atoms with Crippen LogP contribution in [0.3, 0.4) is 0 Å². The van der Waals surface area contributed by atoms with Gasteiger partial charge in [0.15, 0.2) is 0 Å².